The summed E-state index contributed by atoms with van der Waals surface area (Å²) >= 11 is 0. The first-order chi connectivity index (χ1) is 7.61. The minimum atomic E-state index is -1.04. The van der Waals surface area contributed by atoms with Gasteiger partial charge in [-0.25, -0.2) is 0 Å². The Hall–Kier alpha value is -2.55. The van der Waals surface area contributed by atoms with Gasteiger partial charge >= 0.3 is 5.97 Å². The molecule has 0 bridgehead atoms. The van der Waals surface area contributed by atoms with E-state index in [0.29, 0.717) is 10.9 Å². The van der Waals surface area contributed by atoms with Gasteiger partial charge in [0.15, 0.2) is 5.69 Å². The number of nitriles is 1. The van der Waals surface area contributed by atoms with E-state index in [1.165, 1.54) is 22.9 Å². The largest absolute Gasteiger partial charge is 0.508 e. The molecule has 6 nitrogen and oxygen atoms in total. The van der Waals surface area contributed by atoms with Crippen LogP contribution in [0.2, 0.25) is 0 Å². The first-order valence-electron chi connectivity index (χ1n) is 4.43. The van der Waals surface area contributed by atoms with Crippen LogP contribution in [0.25, 0.3) is 10.9 Å². The standard InChI is InChI=1S/C10H7N3O3/c11-4-8-7-3-6(14)1-2-9(7)13(12-8)5-10(15)16/h1-3,14H,5H2,(H,15,16). The zero-order chi connectivity index (χ0) is 11.7. The summed E-state index contributed by atoms with van der Waals surface area (Å²) < 4.78 is 1.22. The van der Waals surface area contributed by atoms with E-state index in [2.05, 4.69) is 5.10 Å². The normalized spacial score (nSPS) is 10.2. The highest BCUT2D eigenvalue weighted by Crippen LogP contribution is 2.22. The number of rotatable bonds is 2. The molecule has 0 amide bonds. The smallest absolute Gasteiger partial charge is 0.325 e. The van der Waals surface area contributed by atoms with E-state index >= 15 is 0 Å². The highest BCUT2D eigenvalue weighted by atomic mass is 16.4. The Morgan fingerprint density at radius 3 is 2.94 bits per heavy atom. The van der Waals surface area contributed by atoms with Crippen molar-refractivity contribution < 1.29 is 15.0 Å². The van der Waals surface area contributed by atoms with Crippen molar-refractivity contribution in [3.63, 3.8) is 0 Å². The number of fused-ring (bicyclic) bond motifs is 1. The Kier molecular flexibility index (Phi) is 2.21. The fourth-order valence-corrected chi connectivity index (χ4v) is 1.50. The number of carboxylic acids is 1. The zero-order valence-electron chi connectivity index (χ0n) is 8.08. The molecular weight excluding hydrogens is 210 g/mol. The van der Waals surface area contributed by atoms with Crippen LogP contribution in [0.15, 0.2) is 18.2 Å². The van der Waals surface area contributed by atoms with Gasteiger partial charge in [0.1, 0.15) is 18.4 Å². The highest BCUT2D eigenvalue weighted by molar-refractivity contribution is 5.86. The second kappa shape index (κ2) is 3.55. The summed E-state index contributed by atoms with van der Waals surface area (Å²) in [6.45, 7) is -0.317. The summed E-state index contributed by atoms with van der Waals surface area (Å²) in [4.78, 5) is 10.6. The van der Waals surface area contributed by atoms with E-state index in [-0.39, 0.29) is 18.0 Å². The molecule has 0 unspecified atom stereocenters. The molecule has 6 heteroatoms. The topological polar surface area (TPSA) is 99.1 Å². The molecule has 1 aromatic heterocycles. The van der Waals surface area contributed by atoms with Crippen molar-refractivity contribution >= 4 is 16.9 Å². The lowest BCUT2D eigenvalue weighted by atomic mass is 10.2. The Morgan fingerprint density at radius 2 is 2.31 bits per heavy atom. The Balaban J connectivity index is 2.69. The molecule has 2 aromatic rings. The van der Waals surface area contributed by atoms with Crippen molar-refractivity contribution in [2.24, 2.45) is 0 Å². The summed E-state index contributed by atoms with van der Waals surface area (Å²) in [5, 5.41) is 31.1. The van der Waals surface area contributed by atoms with Gasteiger partial charge in [0.25, 0.3) is 0 Å². The summed E-state index contributed by atoms with van der Waals surface area (Å²) in [7, 11) is 0. The molecule has 0 saturated heterocycles. The highest BCUT2D eigenvalue weighted by Gasteiger charge is 2.12. The van der Waals surface area contributed by atoms with Crippen molar-refractivity contribution in [3.8, 4) is 11.8 Å². The zero-order valence-corrected chi connectivity index (χ0v) is 8.08. The Morgan fingerprint density at radius 1 is 1.56 bits per heavy atom. The van der Waals surface area contributed by atoms with E-state index in [0.717, 1.165) is 0 Å². The van der Waals surface area contributed by atoms with Crippen molar-refractivity contribution in [2.45, 2.75) is 6.54 Å². The van der Waals surface area contributed by atoms with E-state index in [4.69, 9.17) is 10.4 Å². The molecule has 1 heterocycles. The number of carbonyl (C=O) groups is 1. The summed E-state index contributed by atoms with van der Waals surface area (Å²) in [5.41, 5.74) is 0.615. The number of benzene rings is 1. The molecule has 80 valence electrons. The second-order valence-electron chi connectivity index (χ2n) is 3.21. The van der Waals surface area contributed by atoms with Gasteiger partial charge in [-0.2, -0.15) is 10.4 Å². The number of phenols is 1. The molecular formula is C10H7N3O3. The van der Waals surface area contributed by atoms with Crippen LogP contribution < -0.4 is 0 Å². The lowest BCUT2D eigenvalue weighted by Gasteiger charge is -1.98. The lowest BCUT2D eigenvalue weighted by Crippen LogP contribution is -2.09. The Labute approximate surface area is 90.0 Å². The van der Waals surface area contributed by atoms with Crippen molar-refractivity contribution in [2.75, 3.05) is 0 Å². The minimum Gasteiger partial charge on any atom is -0.508 e. The molecule has 0 aliphatic carbocycles. The second-order valence-corrected chi connectivity index (χ2v) is 3.21. The van der Waals surface area contributed by atoms with Gasteiger partial charge in [0.05, 0.1) is 5.52 Å². The number of phenolic OH excluding ortho intramolecular Hbond substituents is 1. The Bertz CT molecular complexity index is 610. The third kappa shape index (κ3) is 1.54. The van der Waals surface area contributed by atoms with Crippen LogP contribution in [0.1, 0.15) is 5.69 Å². The van der Waals surface area contributed by atoms with Gasteiger partial charge in [0, 0.05) is 5.39 Å². The molecule has 2 N–H and O–H groups in total. The number of hydrogen-bond donors (Lipinski definition) is 2. The van der Waals surface area contributed by atoms with Crippen LogP contribution in [-0.4, -0.2) is 26.0 Å². The molecule has 1 aromatic carbocycles. The van der Waals surface area contributed by atoms with Gasteiger partial charge in [0.2, 0.25) is 0 Å². The van der Waals surface area contributed by atoms with Crippen LogP contribution in [0.4, 0.5) is 0 Å². The van der Waals surface area contributed by atoms with Crippen LogP contribution in [0.3, 0.4) is 0 Å². The first kappa shape index (κ1) is 9.98. The fourth-order valence-electron chi connectivity index (χ4n) is 1.50. The maximum absolute atomic E-state index is 10.6. The van der Waals surface area contributed by atoms with Crippen LogP contribution in [0.5, 0.6) is 5.75 Å². The molecule has 0 aliphatic rings. The average molecular weight is 217 g/mol. The van der Waals surface area contributed by atoms with Crippen LogP contribution in [0, 0.1) is 11.3 Å². The average Bonchev–Trinajstić information content (AvgIpc) is 2.55. The third-order valence-corrected chi connectivity index (χ3v) is 2.12. The number of hydrogen-bond acceptors (Lipinski definition) is 4. The lowest BCUT2D eigenvalue weighted by molar-refractivity contribution is -0.137. The van der Waals surface area contributed by atoms with Gasteiger partial charge in [-0.1, -0.05) is 0 Å². The third-order valence-electron chi connectivity index (χ3n) is 2.12. The van der Waals surface area contributed by atoms with E-state index in [9.17, 15) is 9.90 Å². The summed E-state index contributed by atoms with van der Waals surface area (Å²) in [5.74, 6) is -1.03. The van der Waals surface area contributed by atoms with Crippen molar-refractivity contribution in [3.05, 3.63) is 23.9 Å². The van der Waals surface area contributed by atoms with Gasteiger partial charge in [-0.3, -0.25) is 9.48 Å². The monoisotopic (exact) mass is 217 g/mol. The minimum absolute atomic E-state index is 0.0128. The molecule has 16 heavy (non-hydrogen) atoms. The molecule has 0 aliphatic heterocycles. The number of aromatic hydroxyl groups is 1. The quantitative estimate of drug-likeness (QED) is 0.771. The number of nitrogens with zero attached hydrogens (tertiary/aromatic N) is 3. The maximum Gasteiger partial charge on any atom is 0.325 e. The summed E-state index contributed by atoms with van der Waals surface area (Å²) in [6, 6.07) is 6.19. The number of carboxylic acid groups (broad SMARTS) is 1. The van der Waals surface area contributed by atoms with Crippen LogP contribution in [-0.2, 0) is 11.3 Å². The first-order valence-corrected chi connectivity index (χ1v) is 4.43. The molecule has 0 radical (unpaired) electrons. The van der Waals surface area contributed by atoms with Crippen molar-refractivity contribution in [1.82, 2.24) is 9.78 Å². The van der Waals surface area contributed by atoms with Crippen LogP contribution >= 0.6 is 0 Å². The molecule has 2 rings (SSSR count). The van der Waals surface area contributed by atoms with Gasteiger partial charge in [-0.15, -0.1) is 0 Å². The predicted octanol–water partition coefficient (Wildman–Crippen LogP) is 0.698. The summed E-state index contributed by atoms with van der Waals surface area (Å²) in [6.07, 6.45) is 0. The van der Waals surface area contributed by atoms with E-state index < -0.39 is 5.97 Å². The fraction of sp³-hybridized carbons (Fsp3) is 0.100. The SMILES string of the molecule is N#Cc1nn(CC(=O)O)c2ccc(O)cc12. The van der Waals surface area contributed by atoms with E-state index in [1.807, 2.05) is 6.07 Å². The number of aliphatic carboxylic acids is 1. The molecule has 0 spiro atoms. The molecule has 0 saturated carbocycles. The molecule has 0 fully saturated rings. The predicted molar refractivity (Wildman–Crippen MR) is 53.7 cm³/mol. The number of aromatic nitrogens is 2. The maximum atomic E-state index is 10.6. The van der Waals surface area contributed by atoms with Crippen molar-refractivity contribution in [1.29, 1.82) is 5.26 Å². The van der Waals surface area contributed by atoms with Gasteiger partial charge < -0.3 is 10.2 Å². The molecule has 0 atom stereocenters. The van der Waals surface area contributed by atoms with E-state index in [1.54, 1.807) is 0 Å². The van der Waals surface area contributed by atoms with Gasteiger partial charge in [-0.05, 0) is 18.2 Å².